The highest BCUT2D eigenvalue weighted by Gasteiger charge is 2.25. The first kappa shape index (κ1) is 29.5. The number of alkyl halides is 3. The highest BCUT2D eigenvalue weighted by atomic mass is 32.2. The number of aromatic nitrogens is 8. The summed E-state index contributed by atoms with van der Waals surface area (Å²) in [4.78, 5) is 0. The SMILES string of the molecule is OC(c1cccc(-c2nn[nH]n2)c1)C(C=CC=CCCCCCCCCC(F)(F)F)SCCc1nn[nH]n1. The monoisotopic (exact) mass is 550 g/mol. The average molecular weight is 551 g/mol. The number of benzene rings is 1. The predicted octanol–water partition coefficient (Wildman–Crippen LogP) is 5.55. The molecule has 2 atom stereocenters. The van der Waals surface area contributed by atoms with Crippen LogP contribution in [0.15, 0.2) is 48.6 Å². The molecule has 0 fully saturated rings. The number of unbranched alkanes of at least 4 members (excludes halogenated alkanes) is 6. The van der Waals surface area contributed by atoms with E-state index in [0.29, 0.717) is 30.2 Å². The van der Waals surface area contributed by atoms with Crippen molar-refractivity contribution in [3.63, 3.8) is 0 Å². The predicted molar refractivity (Wildman–Crippen MR) is 140 cm³/mol. The molecule has 38 heavy (non-hydrogen) atoms. The number of thioether (sulfide) groups is 1. The normalized spacial score (nSPS) is 14.0. The van der Waals surface area contributed by atoms with Crippen molar-refractivity contribution < 1.29 is 18.3 Å². The summed E-state index contributed by atoms with van der Waals surface area (Å²) in [5.74, 6) is 1.78. The van der Waals surface area contributed by atoms with Crippen molar-refractivity contribution >= 4 is 11.8 Å². The van der Waals surface area contributed by atoms with Gasteiger partial charge in [-0.25, -0.2) is 0 Å². The van der Waals surface area contributed by atoms with Crippen LogP contribution in [-0.2, 0) is 6.42 Å². The molecule has 0 aliphatic heterocycles. The van der Waals surface area contributed by atoms with E-state index in [1.54, 1.807) is 11.8 Å². The summed E-state index contributed by atoms with van der Waals surface area (Å²) in [6.07, 6.45) is 8.63. The van der Waals surface area contributed by atoms with E-state index in [0.717, 1.165) is 43.2 Å². The zero-order valence-electron chi connectivity index (χ0n) is 21.0. The molecule has 0 saturated carbocycles. The van der Waals surface area contributed by atoms with E-state index in [9.17, 15) is 18.3 Å². The van der Waals surface area contributed by atoms with Crippen LogP contribution in [-0.4, -0.2) is 63.5 Å². The largest absolute Gasteiger partial charge is 0.389 e. The van der Waals surface area contributed by atoms with Gasteiger partial charge in [0, 0.05) is 24.2 Å². The first-order valence-electron chi connectivity index (χ1n) is 12.7. The lowest BCUT2D eigenvalue weighted by Crippen LogP contribution is -2.14. The molecular formula is C25H33F3N8OS. The lowest BCUT2D eigenvalue weighted by atomic mass is 10.0. The van der Waals surface area contributed by atoms with Crippen LogP contribution in [0.2, 0.25) is 0 Å². The second-order valence-electron chi connectivity index (χ2n) is 8.81. The van der Waals surface area contributed by atoms with Crippen LogP contribution in [0.4, 0.5) is 13.2 Å². The van der Waals surface area contributed by atoms with Gasteiger partial charge >= 0.3 is 6.18 Å². The molecule has 3 rings (SSSR count). The Labute approximate surface area is 223 Å². The molecule has 0 aliphatic carbocycles. The summed E-state index contributed by atoms with van der Waals surface area (Å²) in [7, 11) is 0. The van der Waals surface area contributed by atoms with Gasteiger partial charge in [-0.1, -0.05) is 73.4 Å². The Morgan fingerprint density at radius 2 is 1.71 bits per heavy atom. The van der Waals surface area contributed by atoms with Gasteiger partial charge in [-0.05, 0) is 36.1 Å². The van der Waals surface area contributed by atoms with Crippen LogP contribution in [0, 0.1) is 0 Å². The minimum atomic E-state index is -4.04. The number of aryl methyl sites for hydroxylation is 1. The molecule has 0 radical (unpaired) electrons. The molecule has 0 amide bonds. The maximum atomic E-state index is 12.2. The van der Waals surface area contributed by atoms with Crippen LogP contribution in [0.1, 0.15) is 68.9 Å². The van der Waals surface area contributed by atoms with Crippen molar-refractivity contribution in [1.29, 1.82) is 0 Å². The van der Waals surface area contributed by atoms with Gasteiger partial charge in [-0.15, -0.1) is 20.4 Å². The quantitative estimate of drug-likeness (QED) is 0.147. The van der Waals surface area contributed by atoms with Crippen LogP contribution < -0.4 is 0 Å². The Morgan fingerprint density at radius 3 is 2.45 bits per heavy atom. The third-order valence-corrected chi connectivity index (χ3v) is 7.04. The number of aliphatic hydroxyl groups excluding tert-OH is 1. The molecule has 0 spiro atoms. The van der Waals surface area contributed by atoms with Crippen LogP contribution >= 0.6 is 11.8 Å². The average Bonchev–Trinajstić information content (AvgIpc) is 3.62. The van der Waals surface area contributed by atoms with Gasteiger partial charge in [-0.3, -0.25) is 0 Å². The number of aromatic amines is 2. The molecule has 0 bridgehead atoms. The van der Waals surface area contributed by atoms with E-state index in [-0.39, 0.29) is 11.7 Å². The number of H-pyrrole nitrogens is 2. The number of rotatable bonds is 17. The maximum absolute atomic E-state index is 12.2. The van der Waals surface area contributed by atoms with Crippen molar-refractivity contribution in [2.24, 2.45) is 0 Å². The van der Waals surface area contributed by atoms with E-state index < -0.39 is 18.7 Å². The fraction of sp³-hybridized carbons (Fsp3) is 0.520. The number of nitrogens with one attached hydrogen (secondary N) is 2. The molecule has 13 heteroatoms. The lowest BCUT2D eigenvalue weighted by Gasteiger charge is -2.20. The van der Waals surface area contributed by atoms with Gasteiger partial charge in [0.05, 0.1) is 11.4 Å². The van der Waals surface area contributed by atoms with Gasteiger partial charge < -0.3 is 5.11 Å². The molecule has 0 saturated heterocycles. The molecule has 9 nitrogen and oxygen atoms in total. The maximum Gasteiger partial charge on any atom is 0.389 e. The first-order valence-corrected chi connectivity index (χ1v) is 13.7. The van der Waals surface area contributed by atoms with E-state index in [2.05, 4.69) is 47.3 Å². The Kier molecular flexibility index (Phi) is 12.4. The number of aliphatic hydroxyl groups is 1. The second kappa shape index (κ2) is 16.0. The van der Waals surface area contributed by atoms with Crippen molar-refractivity contribution in [1.82, 2.24) is 41.2 Å². The Hall–Kier alpha value is -3.06. The molecule has 3 N–H and O–H groups in total. The molecule has 3 aromatic rings. The Bertz CT molecular complexity index is 1090. The zero-order valence-corrected chi connectivity index (χ0v) is 21.8. The lowest BCUT2D eigenvalue weighted by molar-refractivity contribution is -0.135. The van der Waals surface area contributed by atoms with Crippen LogP contribution in [0.25, 0.3) is 11.4 Å². The molecular weight excluding hydrogens is 517 g/mol. The topological polar surface area (TPSA) is 129 Å². The molecule has 2 aromatic heterocycles. The third kappa shape index (κ3) is 11.1. The number of nitrogens with zero attached hydrogens (tertiary/aromatic N) is 6. The zero-order chi connectivity index (χ0) is 27.1. The Balaban J connectivity index is 1.47. The number of allylic oxidation sites excluding steroid dienone is 3. The molecule has 206 valence electrons. The van der Waals surface area contributed by atoms with E-state index in [4.69, 9.17) is 0 Å². The highest BCUT2D eigenvalue weighted by molar-refractivity contribution is 8.00. The fourth-order valence-corrected chi connectivity index (χ4v) is 4.92. The van der Waals surface area contributed by atoms with Gasteiger partial charge in [0.15, 0.2) is 5.82 Å². The van der Waals surface area contributed by atoms with Crippen molar-refractivity contribution in [2.45, 2.75) is 75.3 Å². The first-order chi connectivity index (χ1) is 18.4. The summed E-state index contributed by atoms with van der Waals surface area (Å²) in [5.41, 5.74) is 1.50. The van der Waals surface area contributed by atoms with Gasteiger partial charge in [-0.2, -0.15) is 35.4 Å². The van der Waals surface area contributed by atoms with Gasteiger partial charge in [0.1, 0.15) is 0 Å². The van der Waals surface area contributed by atoms with E-state index in [1.165, 1.54) is 0 Å². The van der Waals surface area contributed by atoms with Crippen molar-refractivity contribution in [2.75, 3.05) is 5.75 Å². The summed E-state index contributed by atoms with van der Waals surface area (Å²) in [6.45, 7) is 0. The number of halogens is 3. The molecule has 0 aliphatic rings. The second-order valence-corrected chi connectivity index (χ2v) is 10.1. The minimum absolute atomic E-state index is 0.218. The third-order valence-electron chi connectivity index (χ3n) is 5.80. The van der Waals surface area contributed by atoms with Crippen LogP contribution in [0.5, 0.6) is 0 Å². The smallest absolute Gasteiger partial charge is 0.387 e. The van der Waals surface area contributed by atoms with E-state index >= 15 is 0 Å². The van der Waals surface area contributed by atoms with Gasteiger partial charge in [0.25, 0.3) is 0 Å². The number of hydrogen-bond donors (Lipinski definition) is 3. The Morgan fingerprint density at radius 1 is 0.947 bits per heavy atom. The minimum Gasteiger partial charge on any atom is -0.387 e. The van der Waals surface area contributed by atoms with Crippen molar-refractivity contribution in [3.8, 4) is 11.4 Å². The molecule has 1 aromatic carbocycles. The summed E-state index contributed by atoms with van der Waals surface area (Å²) < 4.78 is 36.5. The van der Waals surface area contributed by atoms with E-state index in [1.807, 2.05) is 42.5 Å². The summed E-state index contributed by atoms with van der Waals surface area (Å²) >= 11 is 1.60. The summed E-state index contributed by atoms with van der Waals surface area (Å²) in [6, 6.07) is 7.44. The summed E-state index contributed by atoms with van der Waals surface area (Å²) in [5, 5.41) is 39.0. The van der Waals surface area contributed by atoms with Crippen LogP contribution in [0.3, 0.4) is 0 Å². The van der Waals surface area contributed by atoms with Crippen molar-refractivity contribution in [3.05, 3.63) is 60.0 Å². The molecule has 2 unspecified atom stereocenters. The molecule has 2 heterocycles. The standard InChI is InChI=1S/C25H33F3N8OS/c26-25(27,28)16-10-8-6-4-2-1-3-5-7-9-14-21(38-17-15-22-29-33-34-30-22)23(37)19-12-11-13-20(18-19)24-31-35-36-32-24/h5,7,9,11-14,18,21,23,37H,1-4,6,8,10,15-17H2,(H,29,30,33,34)(H,31,32,35,36). The fourth-order valence-electron chi connectivity index (χ4n) is 3.81. The number of tetrazole rings is 2. The highest BCUT2D eigenvalue weighted by Crippen LogP contribution is 2.30. The van der Waals surface area contributed by atoms with Gasteiger partial charge in [0.2, 0.25) is 5.82 Å². The number of hydrogen-bond acceptors (Lipinski definition) is 8.